The average molecular weight is 435 g/mol. The highest BCUT2D eigenvalue weighted by molar-refractivity contribution is 5.64. The SMILES string of the molecule is O=c1oc(-c2ccc(O)cc2)c(O)n1C(c1ccccc1)(c1ccccc1)c1ccccc1. The van der Waals surface area contributed by atoms with E-state index in [1.54, 1.807) is 12.1 Å². The van der Waals surface area contributed by atoms with Gasteiger partial charge in [-0.05, 0) is 41.0 Å². The quantitative estimate of drug-likeness (QED) is 0.365. The molecule has 33 heavy (non-hydrogen) atoms. The molecule has 0 atom stereocenters. The number of phenols is 1. The summed E-state index contributed by atoms with van der Waals surface area (Å²) < 4.78 is 6.92. The van der Waals surface area contributed by atoms with Gasteiger partial charge in [0.1, 0.15) is 11.3 Å². The molecule has 0 aliphatic heterocycles. The molecule has 5 nitrogen and oxygen atoms in total. The number of benzene rings is 4. The third kappa shape index (κ3) is 3.31. The maximum absolute atomic E-state index is 13.5. The van der Waals surface area contributed by atoms with Crippen molar-refractivity contribution in [2.75, 3.05) is 0 Å². The molecule has 5 aromatic rings. The predicted molar refractivity (Wildman–Crippen MR) is 126 cm³/mol. The molecule has 2 N–H and O–H groups in total. The lowest BCUT2D eigenvalue weighted by molar-refractivity contribution is 0.366. The predicted octanol–water partition coefficient (Wildman–Crippen LogP) is 5.36. The molecule has 5 rings (SSSR count). The summed E-state index contributed by atoms with van der Waals surface area (Å²) in [6, 6.07) is 34.8. The van der Waals surface area contributed by atoms with Gasteiger partial charge in [0.15, 0.2) is 5.76 Å². The highest BCUT2D eigenvalue weighted by atomic mass is 16.4. The van der Waals surface area contributed by atoms with Crippen LogP contribution in [0.3, 0.4) is 0 Å². The van der Waals surface area contributed by atoms with Gasteiger partial charge in [-0.25, -0.2) is 9.36 Å². The van der Waals surface area contributed by atoms with E-state index in [2.05, 4.69) is 0 Å². The zero-order valence-electron chi connectivity index (χ0n) is 17.6. The molecule has 4 aromatic carbocycles. The molecule has 1 heterocycles. The van der Waals surface area contributed by atoms with E-state index < -0.39 is 11.3 Å². The van der Waals surface area contributed by atoms with Crippen LogP contribution in [0.2, 0.25) is 0 Å². The molecule has 0 radical (unpaired) electrons. The third-order valence-electron chi connectivity index (χ3n) is 5.83. The Hall–Kier alpha value is -4.51. The Balaban J connectivity index is 1.91. The molecule has 0 unspecified atom stereocenters. The Kier molecular flexibility index (Phi) is 5.07. The summed E-state index contributed by atoms with van der Waals surface area (Å²) in [5, 5.41) is 21.1. The van der Waals surface area contributed by atoms with Crippen LogP contribution in [0.4, 0.5) is 0 Å². The fourth-order valence-corrected chi connectivity index (χ4v) is 4.39. The van der Waals surface area contributed by atoms with Crippen LogP contribution in [0.25, 0.3) is 11.3 Å². The van der Waals surface area contributed by atoms with Gasteiger partial charge < -0.3 is 14.6 Å². The van der Waals surface area contributed by atoms with Crippen molar-refractivity contribution in [2.24, 2.45) is 0 Å². The number of hydrogen-bond donors (Lipinski definition) is 2. The minimum absolute atomic E-state index is 0.0344. The Morgan fingerprint density at radius 3 is 1.45 bits per heavy atom. The molecule has 0 saturated heterocycles. The number of aromatic nitrogens is 1. The normalized spacial score (nSPS) is 11.4. The Labute approximate surface area is 190 Å². The topological polar surface area (TPSA) is 75.6 Å². The van der Waals surface area contributed by atoms with Crippen molar-refractivity contribution in [3.8, 4) is 23.0 Å². The molecule has 0 aliphatic rings. The Bertz CT molecular complexity index is 1320. The van der Waals surface area contributed by atoms with E-state index in [1.165, 1.54) is 16.7 Å². The maximum atomic E-state index is 13.5. The molecule has 162 valence electrons. The van der Waals surface area contributed by atoms with E-state index in [-0.39, 0.29) is 17.4 Å². The van der Waals surface area contributed by atoms with Crippen LogP contribution < -0.4 is 5.76 Å². The summed E-state index contributed by atoms with van der Waals surface area (Å²) in [4.78, 5) is 13.5. The van der Waals surface area contributed by atoms with Gasteiger partial charge in [-0.2, -0.15) is 0 Å². The van der Waals surface area contributed by atoms with Crippen LogP contribution in [-0.2, 0) is 5.54 Å². The molecule has 0 fully saturated rings. The van der Waals surface area contributed by atoms with Crippen LogP contribution in [0.1, 0.15) is 16.7 Å². The van der Waals surface area contributed by atoms with Gasteiger partial charge in [0.25, 0.3) is 0 Å². The van der Waals surface area contributed by atoms with E-state index in [0.29, 0.717) is 5.56 Å². The second-order valence-corrected chi connectivity index (χ2v) is 7.71. The average Bonchev–Trinajstić information content (AvgIpc) is 3.17. The van der Waals surface area contributed by atoms with Crippen molar-refractivity contribution in [1.29, 1.82) is 0 Å². The van der Waals surface area contributed by atoms with Gasteiger partial charge in [0.2, 0.25) is 5.88 Å². The van der Waals surface area contributed by atoms with Gasteiger partial charge in [0, 0.05) is 5.56 Å². The van der Waals surface area contributed by atoms with E-state index >= 15 is 0 Å². The lowest BCUT2D eigenvalue weighted by Gasteiger charge is -2.36. The molecule has 0 spiro atoms. The molecule has 0 aliphatic carbocycles. The van der Waals surface area contributed by atoms with E-state index in [1.807, 2.05) is 91.0 Å². The zero-order chi connectivity index (χ0) is 22.8. The highest BCUT2D eigenvalue weighted by Gasteiger charge is 2.43. The van der Waals surface area contributed by atoms with Crippen molar-refractivity contribution in [1.82, 2.24) is 4.57 Å². The number of oxazole rings is 1. The zero-order valence-corrected chi connectivity index (χ0v) is 17.6. The van der Waals surface area contributed by atoms with Crippen LogP contribution in [0, 0.1) is 0 Å². The summed E-state index contributed by atoms with van der Waals surface area (Å²) in [5.41, 5.74) is 1.65. The van der Waals surface area contributed by atoms with Crippen LogP contribution in [0.15, 0.2) is 124 Å². The van der Waals surface area contributed by atoms with Gasteiger partial charge >= 0.3 is 5.76 Å². The van der Waals surface area contributed by atoms with Crippen molar-refractivity contribution in [3.05, 3.63) is 143 Å². The molecule has 0 bridgehead atoms. The van der Waals surface area contributed by atoms with Crippen LogP contribution >= 0.6 is 0 Å². The van der Waals surface area contributed by atoms with Crippen LogP contribution in [0.5, 0.6) is 11.6 Å². The third-order valence-corrected chi connectivity index (χ3v) is 5.83. The van der Waals surface area contributed by atoms with Gasteiger partial charge in [0.05, 0.1) is 0 Å². The summed E-state index contributed by atoms with van der Waals surface area (Å²) in [6.45, 7) is 0. The molecule has 0 amide bonds. The smallest absolute Gasteiger partial charge is 0.423 e. The molecule has 0 saturated carbocycles. The standard InChI is InChI=1S/C28H21NO4/c30-24-18-16-20(17-19-24)25-26(31)29(27(32)33-25)28(21-10-4-1-5-11-21,22-12-6-2-7-13-22)23-14-8-3-9-15-23/h1-19,30-31H. The first kappa shape index (κ1) is 20.4. The van der Waals surface area contributed by atoms with Gasteiger partial charge in [-0.3, -0.25) is 0 Å². The van der Waals surface area contributed by atoms with E-state index in [0.717, 1.165) is 16.7 Å². The lowest BCUT2D eigenvalue weighted by Crippen LogP contribution is -2.42. The fraction of sp³-hybridized carbons (Fsp3) is 0.0357. The summed E-state index contributed by atoms with van der Waals surface area (Å²) in [5.74, 6) is -0.895. The van der Waals surface area contributed by atoms with Gasteiger partial charge in [-0.1, -0.05) is 91.0 Å². The summed E-state index contributed by atoms with van der Waals surface area (Å²) >= 11 is 0. The lowest BCUT2D eigenvalue weighted by atomic mass is 9.76. The highest BCUT2D eigenvalue weighted by Crippen LogP contribution is 2.44. The first-order valence-electron chi connectivity index (χ1n) is 10.5. The number of nitrogens with zero attached hydrogens (tertiary/aromatic N) is 1. The first-order valence-corrected chi connectivity index (χ1v) is 10.5. The van der Waals surface area contributed by atoms with E-state index in [9.17, 15) is 15.0 Å². The monoisotopic (exact) mass is 435 g/mol. The largest absolute Gasteiger partial charge is 0.508 e. The molecule has 1 aromatic heterocycles. The summed E-state index contributed by atoms with van der Waals surface area (Å²) in [7, 11) is 0. The van der Waals surface area contributed by atoms with Crippen molar-refractivity contribution >= 4 is 0 Å². The number of rotatable bonds is 5. The second-order valence-electron chi connectivity index (χ2n) is 7.71. The Morgan fingerprint density at radius 2 is 1.03 bits per heavy atom. The Morgan fingerprint density at radius 1 is 0.606 bits per heavy atom. The molecular formula is C28H21NO4. The van der Waals surface area contributed by atoms with Crippen molar-refractivity contribution < 1.29 is 14.6 Å². The minimum atomic E-state index is -1.19. The summed E-state index contributed by atoms with van der Waals surface area (Å²) in [6.07, 6.45) is 0. The number of hydrogen-bond acceptors (Lipinski definition) is 4. The number of phenolic OH excluding ortho intramolecular Hbond substituents is 1. The minimum Gasteiger partial charge on any atom is -0.508 e. The maximum Gasteiger partial charge on any atom is 0.423 e. The fourth-order valence-electron chi connectivity index (χ4n) is 4.39. The molecular weight excluding hydrogens is 414 g/mol. The van der Waals surface area contributed by atoms with Crippen LogP contribution in [-0.4, -0.2) is 14.8 Å². The van der Waals surface area contributed by atoms with E-state index in [4.69, 9.17) is 4.42 Å². The number of aromatic hydroxyl groups is 2. The van der Waals surface area contributed by atoms with Crippen molar-refractivity contribution in [3.63, 3.8) is 0 Å². The first-order chi connectivity index (χ1) is 16.1. The second kappa shape index (κ2) is 8.20. The van der Waals surface area contributed by atoms with Gasteiger partial charge in [-0.15, -0.1) is 0 Å². The van der Waals surface area contributed by atoms with Crippen molar-refractivity contribution in [2.45, 2.75) is 5.54 Å². The molecule has 5 heteroatoms.